The highest BCUT2D eigenvalue weighted by atomic mass is 19.4. The van der Waals surface area contributed by atoms with Gasteiger partial charge in [-0.1, -0.05) is 32.0 Å². The summed E-state index contributed by atoms with van der Waals surface area (Å²) in [7, 11) is 0. The van der Waals surface area contributed by atoms with Crippen molar-refractivity contribution in [1.29, 1.82) is 5.26 Å². The molecule has 164 valence electrons. The Balaban J connectivity index is 1.92. The monoisotopic (exact) mass is 438 g/mol. The maximum atomic E-state index is 13.7. The number of hydrogen-bond donors (Lipinski definition) is 0. The number of Topliss-reactive ketones (excluding diaryl/α,β-unsaturated/α-hetero) is 1. The summed E-state index contributed by atoms with van der Waals surface area (Å²) >= 11 is 0. The Morgan fingerprint density at radius 3 is 2.31 bits per heavy atom. The summed E-state index contributed by atoms with van der Waals surface area (Å²) in [5, 5.41) is 9.06. The number of rotatable bonds is 2. The fourth-order valence-electron chi connectivity index (χ4n) is 4.72. The molecule has 2 aliphatic rings. The minimum absolute atomic E-state index is 0.0478. The molecule has 0 bridgehead atoms. The largest absolute Gasteiger partial charge is 0.416 e. The molecule has 7 heteroatoms. The summed E-state index contributed by atoms with van der Waals surface area (Å²) in [5.74, 6) is -1.56. The third-order valence-electron chi connectivity index (χ3n) is 6.04. The topological polar surface area (TPSA) is 61.2 Å². The normalized spacial score (nSPS) is 20.8. The number of nitriles is 1. The highest BCUT2D eigenvalue weighted by Gasteiger charge is 2.46. The molecular weight excluding hydrogens is 417 g/mol. The van der Waals surface area contributed by atoms with E-state index in [4.69, 9.17) is 5.26 Å². The molecule has 2 aromatic rings. The molecule has 4 rings (SSSR count). The van der Waals surface area contributed by atoms with Gasteiger partial charge in [0, 0.05) is 35.7 Å². The number of benzene rings is 2. The van der Waals surface area contributed by atoms with Crippen molar-refractivity contribution < 1.29 is 22.8 Å². The molecular formula is C25H21F3N2O2. The Labute approximate surface area is 184 Å². The van der Waals surface area contributed by atoms with Gasteiger partial charge >= 0.3 is 6.18 Å². The van der Waals surface area contributed by atoms with E-state index < -0.39 is 23.1 Å². The van der Waals surface area contributed by atoms with E-state index in [1.165, 1.54) is 23.1 Å². The molecule has 1 atom stereocenters. The maximum absolute atomic E-state index is 13.7. The first kappa shape index (κ1) is 21.8. The van der Waals surface area contributed by atoms with Gasteiger partial charge in [-0.2, -0.15) is 18.4 Å². The quantitative estimate of drug-likeness (QED) is 0.601. The van der Waals surface area contributed by atoms with Crippen molar-refractivity contribution in [3.8, 4) is 6.07 Å². The first-order chi connectivity index (χ1) is 15.0. The summed E-state index contributed by atoms with van der Waals surface area (Å²) in [4.78, 5) is 28.0. The molecule has 0 spiro atoms. The zero-order valence-electron chi connectivity index (χ0n) is 17.7. The van der Waals surface area contributed by atoms with Gasteiger partial charge in [0.15, 0.2) is 5.78 Å². The van der Waals surface area contributed by atoms with Crippen LogP contribution in [-0.4, -0.2) is 11.7 Å². The maximum Gasteiger partial charge on any atom is 0.416 e. The molecule has 4 nitrogen and oxygen atoms in total. The van der Waals surface area contributed by atoms with Crippen molar-refractivity contribution >= 4 is 17.4 Å². The summed E-state index contributed by atoms with van der Waals surface area (Å²) < 4.78 is 41.2. The van der Waals surface area contributed by atoms with E-state index in [-0.39, 0.29) is 35.7 Å². The number of anilines is 1. The summed E-state index contributed by atoms with van der Waals surface area (Å²) in [6, 6.07) is 13.6. The van der Waals surface area contributed by atoms with Crippen molar-refractivity contribution in [3.63, 3.8) is 0 Å². The fourth-order valence-corrected chi connectivity index (χ4v) is 4.72. The lowest BCUT2D eigenvalue weighted by Gasteiger charge is -2.43. The Bertz CT molecular complexity index is 1170. The molecule has 0 radical (unpaired) electrons. The second-order valence-electron chi connectivity index (χ2n) is 9.03. The summed E-state index contributed by atoms with van der Waals surface area (Å²) in [6.45, 7) is 3.81. The number of nitrogens with zero attached hydrogens (tertiary/aromatic N) is 2. The van der Waals surface area contributed by atoms with Gasteiger partial charge in [0.25, 0.3) is 0 Å². The van der Waals surface area contributed by atoms with Crippen LogP contribution < -0.4 is 4.90 Å². The molecule has 1 amide bonds. The van der Waals surface area contributed by atoms with E-state index in [2.05, 4.69) is 0 Å². The molecule has 1 unspecified atom stereocenters. The van der Waals surface area contributed by atoms with Gasteiger partial charge in [-0.15, -0.1) is 0 Å². The minimum Gasteiger partial charge on any atom is -0.294 e. The number of carbonyl (C=O) groups is 2. The van der Waals surface area contributed by atoms with Crippen LogP contribution in [0.3, 0.4) is 0 Å². The molecule has 1 aliphatic heterocycles. The van der Waals surface area contributed by atoms with Gasteiger partial charge in [0.2, 0.25) is 5.91 Å². The molecule has 0 saturated carbocycles. The van der Waals surface area contributed by atoms with Crippen molar-refractivity contribution in [1.82, 2.24) is 0 Å². The number of ketones is 1. The number of carbonyl (C=O) groups excluding carboxylic acids is 2. The van der Waals surface area contributed by atoms with E-state index in [9.17, 15) is 22.8 Å². The lowest BCUT2D eigenvalue weighted by molar-refractivity contribution is -0.138. The number of hydrogen-bond acceptors (Lipinski definition) is 3. The van der Waals surface area contributed by atoms with Crippen LogP contribution in [0.2, 0.25) is 0 Å². The van der Waals surface area contributed by atoms with Crippen LogP contribution in [0.15, 0.2) is 59.8 Å². The number of alkyl halides is 3. The molecule has 1 heterocycles. The summed E-state index contributed by atoms with van der Waals surface area (Å²) in [6.07, 6.45) is -4.25. The standard InChI is InChI=1S/C25H21F3N2O2/c1-24(2)12-20-23(21(31)13-24)18(17-5-3-4-6-19(17)25(26,27)28)11-22(32)30(20)16-9-7-15(14-29)8-10-16/h3-10,18H,11-13H2,1-2H3. The van der Waals surface area contributed by atoms with Gasteiger partial charge < -0.3 is 0 Å². The average molecular weight is 438 g/mol. The van der Waals surface area contributed by atoms with Gasteiger partial charge in [0.1, 0.15) is 0 Å². The van der Waals surface area contributed by atoms with Crippen LogP contribution in [0.25, 0.3) is 0 Å². The van der Waals surface area contributed by atoms with Crippen LogP contribution in [0, 0.1) is 16.7 Å². The van der Waals surface area contributed by atoms with Gasteiger partial charge in [0.05, 0.1) is 17.2 Å². The van der Waals surface area contributed by atoms with E-state index in [0.717, 1.165) is 6.07 Å². The Morgan fingerprint density at radius 1 is 1.03 bits per heavy atom. The number of amides is 1. The molecule has 0 N–H and O–H groups in total. The van der Waals surface area contributed by atoms with Crippen LogP contribution in [0.5, 0.6) is 0 Å². The Morgan fingerprint density at radius 2 is 1.69 bits per heavy atom. The van der Waals surface area contributed by atoms with Gasteiger partial charge in [-0.3, -0.25) is 14.5 Å². The van der Waals surface area contributed by atoms with Crippen LogP contribution >= 0.6 is 0 Å². The third-order valence-corrected chi connectivity index (χ3v) is 6.04. The van der Waals surface area contributed by atoms with Gasteiger partial charge in [-0.25, -0.2) is 0 Å². The number of allylic oxidation sites excluding steroid dienone is 2. The van der Waals surface area contributed by atoms with Crippen molar-refractivity contribution in [2.45, 2.75) is 45.2 Å². The van der Waals surface area contributed by atoms with Crippen molar-refractivity contribution in [2.24, 2.45) is 5.41 Å². The predicted octanol–water partition coefficient (Wildman–Crippen LogP) is 5.74. The second kappa shape index (κ2) is 7.63. The molecule has 32 heavy (non-hydrogen) atoms. The second-order valence-corrected chi connectivity index (χ2v) is 9.03. The smallest absolute Gasteiger partial charge is 0.294 e. The lowest BCUT2D eigenvalue weighted by atomic mass is 9.68. The van der Waals surface area contributed by atoms with Crippen LogP contribution in [0.4, 0.5) is 18.9 Å². The predicted molar refractivity (Wildman–Crippen MR) is 112 cm³/mol. The molecule has 1 aliphatic carbocycles. The van der Waals surface area contributed by atoms with Crippen molar-refractivity contribution in [3.05, 3.63) is 76.5 Å². The Kier molecular flexibility index (Phi) is 5.20. The Hall–Kier alpha value is -3.40. The van der Waals surface area contributed by atoms with E-state index in [1.54, 1.807) is 24.3 Å². The highest BCUT2D eigenvalue weighted by Crippen LogP contribution is 2.49. The first-order valence-corrected chi connectivity index (χ1v) is 10.3. The molecule has 0 fully saturated rings. The zero-order chi connectivity index (χ0) is 23.3. The van der Waals surface area contributed by atoms with Gasteiger partial charge in [-0.05, 0) is 47.7 Å². The van der Waals surface area contributed by atoms with E-state index in [0.29, 0.717) is 23.4 Å². The van der Waals surface area contributed by atoms with E-state index >= 15 is 0 Å². The van der Waals surface area contributed by atoms with E-state index in [1.807, 2.05) is 19.9 Å². The third kappa shape index (κ3) is 3.81. The SMILES string of the molecule is CC1(C)CC(=O)C2=C(C1)N(c1ccc(C#N)cc1)C(=O)CC2c1ccccc1C(F)(F)F. The average Bonchev–Trinajstić information content (AvgIpc) is 2.72. The first-order valence-electron chi connectivity index (χ1n) is 10.3. The van der Waals surface area contributed by atoms with Crippen molar-refractivity contribution in [2.75, 3.05) is 4.90 Å². The zero-order valence-corrected chi connectivity index (χ0v) is 17.7. The highest BCUT2D eigenvalue weighted by molar-refractivity contribution is 6.07. The summed E-state index contributed by atoms with van der Waals surface area (Å²) in [5.41, 5.74) is 0.340. The lowest BCUT2D eigenvalue weighted by Crippen LogP contribution is -2.44. The van der Waals surface area contributed by atoms with Crippen LogP contribution in [0.1, 0.15) is 55.7 Å². The minimum atomic E-state index is -4.60. The number of halogens is 3. The molecule has 2 aromatic carbocycles. The fraction of sp³-hybridized carbons (Fsp3) is 0.320. The van der Waals surface area contributed by atoms with Crippen LogP contribution in [-0.2, 0) is 15.8 Å². The molecule has 0 saturated heterocycles. The molecule has 0 aromatic heterocycles.